The van der Waals surface area contributed by atoms with Crippen LogP contribution in [0.1, 0.15) is 46.0 Å². The molecule has 0 spiro atoms. The van der Waals surface area contributed by atoms with E-state index in [-0.39, 0.29) is 0 Å². The molecular formula is C14H27NO2. The van der Waals surface area contributed by atoms with Crippen LogP contribution in [0.4, 0.5) is 0 Å². The molecule has 1 saturated heterocycles. The average Bonchev–Trinajstić information content (AvgIpc) is 2.88. The Hall–Kier alpha value is -0.120. The summed E-state index contributed by atoms with van der Waals surface area (Å²) >= 11 is 0. The maximum absolute atomic E-state index is 5.75. The number of hydrogen-bond donors (Lipinski definition) is 1. The smallest absolute Gasteiger partial charge is 0.0830 e. The summed E-state index contributed by atoms with van der Waals surface area (Å²) in [4.78, 5) is 0. The molecule has 0 aromatic rings. The molecule has 2 rings (SSSR count). The molecule has 100 valence electrons. The molecule has 3 nitrogen and oxygen atoms in total. The van der Waals surface area contributed by atoms with Crippen LogP contribution in [-0.4, -0.2) is 38.5 Å². The summed E-state index contributed by atoms with van der Waals surface area (Å²) in [6.07, 6.45) is 6.62. The normalized spacial score (nSPS) is 32.1. The van der Waals surface area contributed by atoms with E-state index in [1.54, 1.807) is 0 Å². The van der Waals surface area contributed by atoms with Crippen molar-refractivity contribution in [2.24, 2.45) is 5.41 Å². The maximum atomic E-state index is 5.75. The van der Waals surface area contributed by atoms with Gasteiger partial charge in [0.05, 0.1) is 12.7 Å². The maximum Gasteiger partial charge on any atom is 0.0830 e. The fraction of sp³-hybridized carbons (Fsp3) is 1.00. The lowest BCUT2D eigenvalue weighted by atomic mass is 9.87. The van der Waals surface area contributed by atoms with Crippen molar-refractivity contribution in [3.63, 3.8) is 0 Å². The van der Waals surface area contributed by atoms with Crippen molar-refractivity contribution >= 4 is 0 Å². The number of rotatable bonds is 6. The molecule has 1 heterocycles. The zero-order valence-corrected chi connectivity index (χ0v) is 11.3. The first-order valence-corrected chi connectivity index (χ1v) is 7.11. The molecule has 1 saturated carbocycles. The zero-order valence-electron chi connectivity index (χ0n) is 11.3. The van der Waals surface area contributed by atoms with Crippen LogP contribution in [0, 0.1) is 5.41 Å². The molecule has 0 radical (unpaired) electrons. The summed E-state index contributed by atoms with van der Waals surface area (Å²) in [5, 5.41) is 3.69. The van der Waals surface area contributed by atoms with Gasteiger partial charge in [0.2, 0.25) is 0 Å². The first kappa shape index (κ1) is 13.3. The molecule has 3 heteroatoms. The third-order valence-electron chi connectivity index (χ3n) is 4.21. The quantitative estimate of drug-likeness (QED) is 0.724. The van der Waals surface area contributed by atoms with Crippen LogP contribution in [-0.2, 0) is 9.47 Å². The summed E-state index contributed by atoms with van der Waals surface area (Å²) in [7, 11) is 0. The van der Waals surface area contributed by atoms with Gasteiger partial charge < -0.3 is 14.8 Å². The van der Waals surface area contributed by atoms with Crippen molar-refractivity contribution in [1.82, 2.24) is 5.32 Å². The second kappa shape index (κ2) is 6.17. The van der Waals surface area contributed by atoms with E-state index in [9.17, 15) is 0 Å². The van der Waals surface area contributed by atoms with Gasteiger partial charge in [-0.15, -0.1) is 0 Å². The highest BCUT2D eigenvalue weighted by Gasteiger charge is 2.33. The highest BCUT2D eigenvalue weighted by Crippen LogP contribution is 2.36. The monoisotopic (exact) mass is 241 g/mol. The van der Waals surface area contributed by atoms with Crippen molar-refractivity contribution < 1.29 is 9.47 Å². The van der Waals surface area contributed by atoms with Crippen LogP contribution in [0.3, 0.4) is 0 Å². The lowest BCUT2D eigenvalue weighted by Gasteiger charge is -2.28. The summed E-state index contributed by atoms with van der Waals surface area (Å²) in [6.45, 7) is 8.38. The summed E-state index contributed by atoms with van der Waals surface area (Å²) in [5.41, 5.74) is 0.486. The Morgan fingerprint density at radius 2 is 2.24 bits per heavy atom. The molecule has 17 heavy (non-hydrogen) atoms. The lowest BCUT2D eigenvalue weighted by molar-refractivity contribution is 0.0410. The van der Waals surface area contributed by atoms with Crippen LogP contribution in [0.2, 0.25) is 0 Å². The Morgan fingerprint density at radius 3 is 2.88 bits per heavy atom. The van der Waals surface area contributed by atoms with E-state index in [4.69, 9.17) is 9.47 Å². The molecule has 0 unspecified atom stereocenters. The second-order valence-corrected chi connectivity index (χ2v) is 6.10. The van der Waals surface area contributed by atoms with Crippen LogP contribution >= 0.6 is 0 Å². The number of ether oxygens (including phenoxy) is 2. The van der Waals surface area contributed by atoms with Gasteiger partial charge in [0.15, 0.2) is 0 Å². The van der Waals surface area contributed by atoms with Crippen molar-refractivity contribution in [2.45, 2.75) is 58.1 Å². The molecule has 1 aliphatic carbocycles. The molecule has 2 atom stereocenters. The molecular weight excluding hydrogens is 214 g/mol. The lowest BCUT2D eigenvalue weighted by Crippen LogP contribution is -2.38. The minimum absolute atomic E-state index is 0.359. The average molecular weight is 241 g/mol. The molecule has 1 aliphatic heterocycles. The molecule has 0 aromatic heterocycles. The molecule has 2 aliphatic rings. The Kier molecular flexibility index (Phi) is 4.83. The van der Waals surface area contributed by atoms with E-state index in [1.807, 2.05) is 0 Å². The van der Waals surface area contributed by atoms with E-state index in [0.717, 1.165) is 39.2 Å². The van der Waals surface area contributed by atoms with Crippen molar-refractivity contribution in [1.29, 1.82) is 0 Å². The Balaban J connectivity index is 1.51. The second-order valence-electron chi connectivity index (χ2n) is 6.10. The predicted molar refractivity (Wildman–Crippen MR) is 69.2 cm³/mol. The van der Waals surface area contributed by atoms with Crippen molar-refractivity contribution in [3.05, 3.63) is 0 Å². The zero-order chi connectivity index (χ0) is 12.1. The van der Waals surface area contributed by atoms with Crippen LogP contribution < -0.4 is 5.32 Å². The van der Waals surface area contributed by atoms with E-state index in [1.165, 1.54) is 19.3 Å². The van der Waals surface area contributed by atoms with Gasteiger partial charge >= 0.3 is 0 Å². The van der Waals surface area contributed by atoms with E-state index in [0.29, 0.717) is 17.6 Å². The third-order valence-corrected chi connectivity index (χ3v) is 4.21. The molecule has 1 N–H and O–H groups in total. The number of hydrogen-bond acceptors (Lipinski definition) is 3. The molecule has 0 aromatic carbocycles. The topological polar surface area (TPSA) is 30.5 Å². The van der Waals surface area contributed by atoms with Gasteiger partial charge in [-0.05, 0) is 37.6 Å². The Morgan fingerprint density at radius 1 is 1.35 bits per heavy atom. The largest absolute Gasteiger partial charge is 0.379 e. The first-order valence-electron chi connectivity index (χ1n) is 7.11. The van der Waals surface area contributed by atoms with Crippen LogP contribution in [0.5, 0.6) is 0 Å². The van der Waals surface area contributed by atoms with Crippen LogP contribution in [0.15, 0.2) is 0 Å². The van der Waals surface area contributed by atoms with Gasteiger partial charge in [0.1, 0.15) is 0 Å². The van der Waals surface area contributed by atoms with Gasteiger partial charge in [0.25, 0.3) is 0 Å². The predicted octanol–water partition coefficient (Wildman–Crippen LogP) is 2.35. The van der Waals surface area contributed by atoms with Gasteiger partial charge in [-0.1, -0.05) is 20.3 Å². The van der Waals surface area contributed by atoms with E-state index < -0.39 is 0 Å². The van der Waals surface area contributed by atoms with Gasteiger partial charge in [-0.3, -0.25) is 0 Å². The minimum Gasteiger partial charge on any atom is -0.379 e. The highest BCUT2D eigenvalue weighted by atomic mass is 16.5. The highest BCUT2D eigenvalue weighted by molar-refractivity contribution is 4.89. The van der Waals surface area contributed by atoms with E-state index in [2.05, 4.69) is 19.2 Å². The SMILES string of the molecule is CC1(C)CCC[C@@H]1NCCCO[C@@H]1CCOC1. The fourth-order valence-corrected chi connectivity index (χ4v) is 2.95. The van der Waals surface area contributed by atoms with Crippen LogP contribution in [0.25, 0.3) is 0 Å². The van der Waals surface area contributed by atoms with Gasteiger partial charge in [-0.25, -0.2) is 0 Å². The van der Waals surface area contributed by atoms with E-state index >= 15 is 0 Å². The summed E-state index contributed by atoms with van der Waals surface area (Å²) in [5.74, 6) is 0. The number of nitrogens with one attached hydrogen (secondary N) is 1. The Labute approximate surface area is 105 Å². The molecule has 0 amide bonds. The molecule has 0 bridgehead atoms. The summed E-state index contributed by atoms with van der Waals surface area (Å²) in [6, 6.07) is 0.706. The van der Waals surface area contributed by atoms with Crippen molar-refractivity contribution in [2.75, 3.05) is 26.4 Å². The first-order chi connectivity index (χ1) is 8.18. The van der Waals surface area contributed by atoms with Gasteiger partial charge in [0, 0.05) is 19.3 Å². The third kappa shape index (κ3) is 3.94. The fourth-order valence-electron chi connectivity index (χ4n) is 2.95. The summed E-state index contributed by atoms with van der Waals surface area (Å²) < 4.78 is 11.0. The van der Waals surface area contributed by atoms with Gasteiger partial charge in [-0.2, -0.15) is 0 Å². The Bertz CT molecular complexity index is 224. The molecule has 2 fully saturated rings. The standard InChI is InChI=1S/C14H27NO2/c1-14(2)7-3-5-13(14)15-8-4-9-17-12-6-10-16-11-12/h12-13,15H,3-11H2,1-2H3/t12-,13+/m1/s1. The minimum atomic E-state index is 0.359. The van der Waals surface area contributed by atoms with Crippen molar-refractivity contribution in [3.8, 4) is 0 Å².